The Balaban J connectivity index is 1.74. The van der Waals surface area contributed by atoms with Crippen molar-refractivity contribution in [1.82, 2.24) is 4.90 Å². The number of likely N-dealkylation sites (tertiary alicyclic amines) is 1. The van der Waals surface area contributed by atoms with Crippen molar-refractivity contribution in [1.29, 1.82) is 0 Å². The summed E-state index contributed by atoms with van der Waals surface area (Å²) in [6.45, 7) is 2.32. The normalized spacial score (nSPS) is 41.1. The molecule has 3 aliphatic rings. The van der Waals surface area contributed by atoms with Crippen molar-refractivity contribution in [2.45, 2.75) is 51.0 Å². The number of β-amino-alcohol motifs (C(OH)–C–C–N with tert-alkyl or cyclic N) is 1. The number of aliphatic hydroxyl groups is 1. The van der Waals surface area contributed by atoms with Gasteiger partial charge in [0.15, 0.2) is 0 Å². The van der Waals surface area contributed by atoms with Gasteiger partial charge in [-0.05, 0) is 31.6 Å². The number of allylic oxidation sites excluding steroid dienone is 2. The smallest absolute Gasteiger partial charge is 0.233 e. The van der Waals surface area contributed by atoms with Crippen LogP contribution in [-0.2, 0) is 9.59 Å². The topological polar surface area (TPSA) is 57.6 Å². The number of nitrogens with zero attached hydrogens (tertiary/aromatic N) is 1. The molecule has 2 aliphatic carbocycles. The van der Waals surface area contributed by atoms with E-state index < -0.39 is 5.60 Å². The molecule has 0 aromatic heterocycles. The molecule has 4 unspecified atom stereocenters. The maximum atomic E-state index is 12.4. The first kappa shape index (κ1) is 13.8. The average Bonchev–Trinajstić information content (AvgIpc) is 2.64. The van der Waals surface area contributed by atoms with E-state index >= 15 is 0 Å². The first-order valence-corrected chi connectivity index (χ1v) is 7.73. The number of rotatable bonds is 2. The van der Waals surface area contributed by atoms with Crippen LogP contribution in [0, 0.1) is 17.8 Å². The van der Waals surface area contributed by atoms with Crippen molar-refractivity contribution < 1.29 is 14.7 Å². The second-order valence-electron chi connectivity index (χ2n) is 6.84. The molecule has 0 radical (unpaired) electrons. The van der Waals surface area contributed by atoms with Crippen LogP contribution >= 0.6 is 0 Å². The molecule has 3 rings (SSSR count). The number of amides is 2. The summed E-state index contributed by atoms with van der Waals surface area (Å²) in [5.41, 5.74) is -0.871. The van der Waals surface area contributed by atoms with Crippen LogP contribution in [0.1, 0.15) is 45.4 Å². The molecular weight excluding hydrogens is 254 g/mol. The zero-order valence-electron chi connectivity index (χ0n) is 12.0. The molecule has 0 aromatic rings. The fourth-order valence-corrected chi connectivity index (χ4v) is 4.10. The minimum atomic E-state index is -0.871. The lowest BCUT2D eigenvalue weighted by Gasteiger charge is -2.37. The van der Waals surface area contributed by atoms with Crippen LogP contribution in [0.4, 0.5) is 0 Å². The Bertz CT molecular complexity index is 433. The van der Waals surface area contributed by atoms with Crippen LogP contribution in [0.2, 0.25) is 0 Å². The molecule has 1 heterocycles. The maximum absolute atomic E-state index is 12.4. The minimum absolute atomic E-state index is 0.0731. The molecule has 4 atom stereocenters. The van der Waals surface area contributed by atoms with Crippen molar-refractivity contribution >= 4 is 11.8 Å². The molecule has 2 amide bonds. The largest absolute Gasteiger partial charge is 0.388 e. The summed E-state index contributed by atoms with van der Waals surface area (Å²) in [5.74, 6) is -0.0493. The van der Waals surface area contributed by atoms with E-state index in [0.29, 0.717) is 31.6 Å². The molecule has 110 valence electrons. The van der Waals surface area contributed by atoms with Crippen molar-refractivity contribution in [3.05, 3.63) is 12.2 Å². The van der Waals surface area contributed by atoms with E-state index in [1.807, 2.05) is 12.2 Å². The Morgan fingerprint density at radius 1 is 1.25 bits per heavy atom. The van der Waals surface area contributed by atoms with Gasteiger partial charge in [0.1, 0.15) is 0 Å². The highest BCUT2D eigenvalue weighted by atomic mass is 16.3. The van der Waals surface area contributed by atoms with Gasteiger partial charge in [0.25, 0.3) is 0 Å². The van der Waals surface area contributed by atoms with Crippen LogP contribution in [0.15, 0.2) is 12.2 Å². The summed E-state index contributed by atoms with van der Waals surface area (Å²) in [6.07, 6.45) is 8.81. The van der Waals surface area contributed by atoms with Crippen LogP contribution in [0.3, 0.4) is 0 Å². The predicted octanol–water partition coefficient (Wildman–Crippen LogP) is 1.88. The molecule has 20 heavy (non-hydrogen) atoms. The Morgan fingerprint density at radius 2 is 1.85 bits per heavy atom. The fourth-order valence-electron chi connectivity index (χ4n) is 4.10. The van der Waals surface area contributed by atoms with E-state index in [1.165, 1.54) is 4.90 Å². The summed E-state index contributed by atoms with van der Waals surface area (Å²) in [4.78, 5) is 26.2. The summed E-state index contributed by atoms with van der Waals surface area (Å²) in [6, 6.07) is 0. The van der Waals surface area contributed by atoms with E-state index in [0.717, 1.165) is 12.8 Å². The molecule has 0 aromatic carbocycles. The Labute approximate surface area is 119 Å². The van der Waals surface area contributed by atoms with Gasteiger partial charge in [0.2, 0.25) is 11.8 Å². The molecular formula is C16H23NO3. The van der Waals surface area contributed by atoms with Gasteiger partial charge < -0.3 is 5.11 Å². The van der Waals surface area contributed by atoms with Gasteiger partial charge >= 0.3 is 0 Å². The number of hydrogen-bond donors (Lipinski definition) is 1. The van der Waals surface area contributed by atoms with Crippen molar-refractivity contribution in [3.8, 4) is 0 Å². The highest BCUT2D eigenvalue weighted by Gasteiger charge is 2.49. The third-order valence-corrected chi connectivity index (χ3v) is 5.12. The molecule has 2 fully saturated rings. The number of fused-ring (bicyclic) bond motifs is 1. The Morgan fingerprint density at radius 3 is 2.40 bits per heavy atom. The van der Waals surface area contributed by atoms with Gasteiger partial charge in [-0.15, -0.1) is 0 Å². The zero-order chi connectivity index (χ0) is 14.3. The van der Waals surface area contributed by atoms with E-state index in [1.54, 1.807) is 0 Å². The van der Waals surface area contributed by atoms with E-state index in [-0.39, 0.29) is 30.2 Å². The molecule has 4 heteroatoms. The lowest BCUT2D eigenvalue weighted by molar-refractivity contribution is -0.145. The molecule has 4 nitrogen and oxygen atoms in total. The second kappa shape index (κ2) is 4.99. The van der Waals surface area contributed by atoms with Gasteiger partial charge in [-0.2, -0.15) is 0 Å². The summed E-state index contributed by atoms with van der Waals surface area (Å²) in [5, 5.41) is 10.7. The van der Waals surface area contributed by atoms with Crippen molar-refractivity contribution in [2.75, 3.05) is 6.54 Å². The van der Waals surface area contributed by atoms with Gasteiger partial charge in [-0.25, -0.2) is 0 Å². The number of hydrogen-bond acceptors (Lipinski definition) is 3. The highest BCUT2D eigenvalue weighted by molar-refractivity contribution is 6.05. The van der Waals surface area contributed by atoms with Crippen LogP contribution < -0.4 is 0 Å². The third-order valence-electron chi connectivity index (χ3n) is 5.12. The van der Waals surface area contributed by atoms with E-state index in [2.05, 4.69) is 6.92 Å². The molecule has 0 spiro atoms. The quantitative estimate of drug-likeness (QED) is 0.619. The van der Waals surface area contributed by atoms with Crippen LogP contribution in [-0.4, -0.2) is 34.0 Å². The monoisotopic (exact) mass is 277 g/mol. The SMILES string of the molecule is CC1CCCC(O)(CN2C(=O)C3CC=CCC3C2=O)C1. The van der Waals surface area contributed by atoms with E-state index in [9.17, 15) is 14.7 Å². The third kappa shape index (κ3) is 2.30. The second-order valence-corrected chi connectivity index (χ2v) is 6.84. The van der Waals surface area contributed by atoms with Gasteiger partial charge in [-0.3, -0.25) is 14.5 Å². The molecule has 0 bridgehead atoms. The highest BCUT2D eigenvalue weighted by Crippen LogP contribution is 2.38. The van der Waals surface area contributed by atoms with Crippen LogP contribution in [0.5, 0.6) is 0 Å². The predicted molar refractivity (Wildman–Crippen MR) is 74.7 cm³/mol. The number of carbonyl (C=O) groups is 2. The van der Waals surface area contributed by atoms with Crippen LogP contribution in [0.25, 0.3) is 0 Å². The maximum Gasteiger partial charge on any atom is 0.233 e. The Kier molecular flexibility index (Phi) is 3.44. The number of carbonyl (C=O) groups excluding carboxylic acids is 2. The summed E-state index contributed by atoms with van der Waals surface area (Å²) < 4.78 is 0. The zero-order valence-corrected chi connectivity index (χ0v) is 12.0. The first-order valence-electron chi connectivity index (χ1n) is 7.73. The average molecular weight is 277 g/mol. The minimum Gasteiger partial charge on any atom is -0.388 e. The van der Waals surface area contributed by atoms with Gasteiger partial charge in [0.05, 0.1) is 24.0 Å². The lowest BCUT2D eigenvalue weighted by atomic mass is 9.78. The van der Waals surface area contributed by atoms with E-state index in [4.69, 9.17) is 0 Å². The first-order chi connectivity index (χ1) is 9.50. The lowest BCUT2D eigenvalue weighted by Crippen LogP contribution is -2.48. The number of imide groups is 1. The van der Waals surface area contributed by atoms with Crippen molar-refractivity contribution in [3.63, 3.8) is 0 Å². The fraction of sp³-hybridized carbons (Fsp3) is 0.750. The molecule has 1 saturated carbocycles. The van der Waals surface area contributed by atoms with Crippen molar-refractivity contribution in [2.24, 2.45) is 17.8 Å². The van der Waals surface area contributed by atoms with Gasteiger partial charge in [0, 0.05) is 0 Å². The molecule has 1 aliphatic heterocycles. The summed E-state index contributed by atoms with van der Waals surface area (Å²) in [7, 11) is 0. The standard InChI is InChI=1S/C16H23NO3/c1-11-5-4-8-16(20,9-11)10-17-14(18)12-6-2-3-7-13(12)15(17)19/h2-3,11-13,20H,4-10H2,1H3. The summed E-state index contributed by atoms with van der Waals surface area (Å²) >= 11 is 0. The Hall–Kier alpha value is -1.16. The van der Waals surface area contributed by atoms with Gasteiger partial charge in [-0.1, -0.05) is 31.9 Å². The molecule has 1 saturated heterocycles. The molecule has 1 N–H and O–H groups in total.